The van der Waals surface area contributed by atoms with E-state index in [0.717, 1.165) is 10.6 Å². The van der Waals surface area contributed by atoms with Crippen LogP contribution in [0.25, 0.3) is 0 Å². The van der Waals surface area contributed by atoms with E-state index < -0.39 is 24.3 Å². The van der Waals surface area contributed by atoms with Crippen LogP contribution in [0, 0.1) is 19.8 Å². The largest absolute Gasteiger partial charge is 0.457 e. The van der Waals surface area contributed by atoms with E-state index in [2.05, 4.69) is 4.98 Å². The number of aryl methyl sites for hydroxylation is 1. The molecule has 8 heteroatoms. The molecule has 1 aliphatic rings. The van der Waals surface area contributed by atoms with E-state index >= 15 is 0 Å². The molecule has 3 rings (SSSR count). The van der Waals surface area contributed by atoms with E-state index in [9.17, 15) is 19.2 Å². The molecule has 0 radical (unpaired) electrons. The molecule has 1 fully saturated rings. The first-order valence-electron chi connectivity index (χ1n) is 9.57. The molecular formula is C22H24N2O5S. The summed E-state index contributed by atoms with van der Waals surface area (Å²) in [4.78, 5) is 54.6. The molecule has 1 N–H and O–H groups in total. The molecule has 0 spiro atoms. The number of H-pyrrole nitrogens is 1. The Morgan fingerprint density at radius 1 is 1.20 bits per heavy atom. The van der Waals surface area contributed by atoms with E-state index in [1.165, 1.54) is 6.92 Å². The van der Waals surface area contributed by atoms with E-state index in [-0.39, 0.29) is 30.3 Å². The van der Waals surface area contributed by atoms with Gasteiger partial charge in [-0.15, -0.1) is 11.8 Å². The van der Waals surface area contributed by atoms with Crippen LogP contribution in [0.1, 0.15) is 45.4 Å². The summed E-state index contributed by atoms with van der Waals surface area (Å²) < 4.78 is 5.20. The van der Waals surface area contributed by atoms with Gasteiger partial charge in [-0.3, -0.25) is 19.2 Å². The van der Waals surface area contributed by atoms with E-state index in [0.29, 0.717) is 16.8 Å². The van der Waals surface area contributed by atoms with Crippen molar-refractivity contribution in [2.45, 2.75) is 32.1 Å². The number of nitrogens with zero attached hydrogens (tertiary/aromatic N) is 1. The van der Waals surface area contributed by atoms with E-state index in [4.69, 9.17) is 4.74 Å². The van der Waals surface area contributed by atoms with Crippen molar-refractivity contribution in [1.82, 2.24) is 4.98 Å². The molecule has 0 bridgehead atoms. The zero-order chi connectivity index (χ0) is 22.0. The Morgan fingerprint density at radius 3 is 2.43 bits per heavy atom. The quantitative estimate of drug-likeness (QED) is 0.413. The standard InChI is InChI=1S/C22H24N2O5S/c1-12-20(14(3)25)13(2)23-21(12)18(26)11-29-22(28)15-9-19(27)24(10-15)16-5-7-17(30-4)8-6-16/h5-8,15,23H,9-11H2,1-4H3. The number of esters is 1. The van der Waals surface area contributed by atoms with Crippen LogP contribution in [-0.4, -0.2) is 47.8 Å². The Balaban J connectivity index is 1.61. The smallest absolute Gasteiger partial charge is 0.311 e. The lowest BCUT2D eigenvalue weighted by Crippen LogP contribution is -2.27. The summed E-state index contributed by atoms with van der Waals surface area (Å²) >= 11 is 1.61. The Kier molecular flexibility index (Phi) is 6.45. The third kappa shape index (κ3) is 4.33. The number of hydrogen-bond acceptors (Lipinski definition) is 6. The molecule has 1 atom stereocenters. The van der Waals surface area contributed by atoms with Crippen molar-refractivity contribution in [2.24, 2.45) is 5.92 Å². The van der Waals surface area contributed by atoms with Crippen LogP contribution in [0.15, 0.2) is 29.2 Å². The number of carbonyl (C=O) groups excluding carboxylic acids is 4. The topological polar surface area (TPSA) is 96.5 Å². The molecule has 1 saturated heterocycles. The highest BCUT2D eigenvalue weighted by atomic mass is 32.2. The molecule has 1 unspecified atom stereocenters. The first-order valence-corrected chi connectivity index (χ1v) is 10.8. The minimum absolute atomic E-state index is 0.0480. The summed E-state index contributed by atoms with van der Waals surface area (Å²) in [6.45, 7) is 4.63. The second kappa shape index (κ2) is 8.87. The lowest BCUT2D eigenvalue weighted by atomic mass is 10.1. The predicted octanol–water partition coefficient (Wildman–Crippen LogP) is 3.34. The summed E-state index contributed by atoms with van der Waals surface area (Å²) in [5.74, 6) is -1.89. The Hall–Kier alpha value is -2.87. The first-order chi connectivity index (χ1) is 14.2. The van der Waals surface area contributed by atoms with Crippen LogP contribution in [0.2, 0.25) is 0 Å². The van der Waals surface area contributed by atoms with Gasteiger partial charge in [-0.05, 0) is 56.9 Å². The van der Waals surface area contributed by atoms with E-state index in [1.54, 1.807) is 30.5 Å². The Labute approximate surface area is 179 Å². The molecule has 30 heavy (non-hydrogen) atoms. The Bertz CT molecular complexity index is 1010. The van der Waals surface area contributed by atoms with Crippen molar-refractivity contribution >= 4 is 40.9 Å². The van der Waals surface area contributed by atoms with Crippen molar-refractivity contribution in [3.05, 3.63) is 46.8 Å². The van der Waals surface area contributed by atoms with Gasteiger partial charge in [0.1, 0.15) is 0 Å². The number of carbonyl (C=O) groups is 4. The highest BCUT2D eigenvalue weighted by Crippen LogP contribution is 2.28. The van der Waals surface area contributed by atoms with Crippen molar-refractivity contribution < 1.29 is 23.9 Å². The van der Waals surface area contributed by atoms with Gasteiger partial charge in [-0.1, -0.05) is 0 Å². The zero-order valence-electron chi connectivity index (χ0n) is 17.4. The fourth-order valence-corrected chi connectivity index (χ4v) is 4.17. The highest BCUT2D eigenvalue weighted by molar-refractivity contribution is 7.98. The number of ketones is 2. The lowest BCUT2D eigenvalue weighted by molar-refractivity contribution is -0.147. The number of thioether (sulfide) groups is 1. The Morgan fingerprint density at radius 2 is 1.87 bits per heavy atom. The number of anilines is 1. The number of rotatable bonds is 7. The maximum atomic E-state index is 12.5. The van der Waals surface area contributed by atoms with Crippen LogP contribution in [-0.2, 0) is 14.3 Å². The maximum absolute atomic E-state index is 12.5. The van der Waals surface area contributed by atoms with Crippen LogP contribution < -0.4 is 4.90 Å². The number of benzene rings is 1. The molecule has 0 aliphatic carbocycles. The fourth-order valence-electron chi connectivity index (χ4n) is 3.76. The number of hydrogen-bond donors (Lipinski definition) is 1. The van der Waals surface area contributed by atoms with Gasteiger partial charge in [-0.2, -0.15) is 0 Å². The van der Waals surface area contributed by atoms with Gasteiger partial charge in [0.15, 0.2) is 12.4 Å². The predicted molar refractivity (Wildman–Crippen MR) is 114 cm³/mol. The minimum atomic E-state index is -0.621. The molecule has 1 aliphatic heterocycles. The number of ether oxygens (including phenoxy) is 1. The third-order valence-electron chi connectivity index (χ3n) is 5.26. The molecule has 2 aromatic rings. The van der Waals surface area contributed by atoms with Gasteiger partial charge in [-0.25, -0.2) is 0 Å². The summed E-state index contributed by atoms with van der Waals surface area (Å²) in [5.41, 5.74) is 2.65. The SMILES string of the molecule is CSc1ccc(N2CC(C(=O)OCC(=O)c3[nH]c(C)c(C(C)=O)c3C)CC2=O)cc1. The maximum Gasteiger partial charge on any atom is 0.311 e. The number of nitrogens with one attached hydrogen (secondary N) is 1. The molecule has 1 amide bonds. The van der Waals surface area contributed by atoms with Crippen molar-refractivity contribution in [3.63, 3.8) is 0 Å². The third-order valence-corrected chi connectivity index (χ3v) is 6.00. The normalized spacial score (nSPS) is 16.1. The molecular weight excluding hydrogens is 404 g/mol. The van der Waals surface area contributed by atoms with Crippen molar-refractivity contribution in [1.29, 1.82) is 0 Å². The average molecular weight is 429 g/mol. The molecule has 158 valence electrons. The van der Waals surface area contributed by atoms with Crippen LogP contribution in [0.5, 0.6) is 0 Å². The molecule has 0 saturated carbocycles. The van der Waals surface area contributed by atoms with Gasteiger partial charge in [0.2, 0.25) is 11.7 Å². The fraction of sp³-hybridized carbons (Fsp3) is 0.364. The van der Waals surface area contributed by atoms with Gasteiger partial charge >= 0.3 is 5.97 Å². The summed E-state index contributed by atoms with van der Waals surface area (Å²) in [7, 11) is 0. The summed E-state index contributed by atoms with van der Waals surface area (Å²) in [6.07, 6.45) is 2.02. The first kappa shape index (κ1) is 21.8. The molecule has 1 aromatic heterocycles. The van der Waals surface area contributed by atoms with Crippen LogP contribution >= 0.6 is 11.8 Å². The summed E-state index contributed by atoms with van der Waals surface area (Å²) in [6, 6.07) is 7.55. The highest BCUT2D eigenvalue weighted by Gasteiger charge is 2.36. The molecule has 2 heterocycles. The number of aromatic nitrogens is 1. The number of amides is 1. The van der Waals surface area contributed by atoms with Crippen molar-refractivity contribution in [2.75, 3.05) is 24.3 Å². The number of aromatic amines is 1. The average Bonchev–Trinajstić information content (AvgIpc) is 3.25. The van der Waals surface area contributed by atoms with Crippen molar-refractivity contribution in [3.8, 4) is 0 Å². The minimum Gasteiger partial charge on any atom is -0.457 e. The van der Waals surface area contributed by atoms with Crippen LogP contribution in [0.3, 0.4) is 0 Å². The molecule has 1 aromatic carbocycles. The number of Topliss-reactive ketones (excluding diaryl/α,β-unsaturated/α-hetero) is 2. The van der Waals surface area contributed by atoms with Gasteiger partial charge in [0, 0.05) is 34.8 Å². The monoisotopic (exact) mass is 428 g/mol. The van der Waals surface area contributed by atoms with Gasteiger partial charge in [0.25, 0.3) is 0 Å². The lowest BCUT2D eigenvalue weighted by Gasteiger charge is -2.16. The van der Waals surface area contributed by atoms with Crippen LogP contribution in [0.4, 0.5) is 5.69 Å². The van der Waals surface area contributed by atoms with E-state index in [1.807, 2.05) is 30.5 Å². The van der Waals surface area contributed by atoms with Gasteiger partial charge in [0.05, 0.1) is 11.6 Å². The second-order valence-electron chi connectivity index (χ2n) is 7.32. The second-order valence-corrected chi connectivity index (χ2v) is 8.20. The van der Waals surface area contributed by atoms with Gasteiger partial charge < -0.3 is 14.6 Å². The zero-order valence-corrected chi connectivity index (χ0v) is 18.2. The summed E-state index contributed by atoms with van der Waals surface area (Å²) in [5, 5.41) is 0. The molecule has 7 nitrogen and oxygen atoms in total.